The van der Waals surface area contributed by atoms with Gasteiger partial charge in [-0.3, -0.25) is 4.79 Å². The number of pyridine rings is 1. The number of carbonyl (C=O) groups is 1. The van der Waals surface area contributed by atoms with Crippen LogP contribution in [0.3, 0.4) is 0 Å². The highest BCUT2D eigenvalue weighted by molar-refractivity contribution is 6.29. The van der Waals surface area contributed by atoms with Gasteiger partial charge in [0.2, 0.25) is 5.91 Å². The molecule has 0 bridgehead atoms. The molecule has 2 rings (SSSR count). The molecule has 1 aromatic rings. The molecule has 0 radical (unpaired) electrons. The number of hydrogen-bond donors (Lipinski definition) is 1. The number of nitrogens with zero attached hydrogens (tertiary/aromatic N) is 2. The van der Waals surface area contributed by atoms with Gasteiger partial charge in [0.1, 0.15) is 5.15 Å². The average Bonchev–Trinajstić information content (AvgIpc) is 2.38. The third-order valence-corrected chi connectivity index (χ3v) is 3.32. The maximum atomic E-state index is 11.6. The summed E-state index contributed by atoms with van der Waals surface area (Å²) in [5.41, 5.74) is 1.04. The van der Waals surface area contributed by atoms with Crippen molar-refractivity contribution in [2.45, 2.75) is 12.8 Å². The van der Waals surface area contributed by atoms with Crippen molar-refractivity contribution < 1.29 is 4.79 Å². The lowest BCUT2D eigenvalue weighted by Gasteiger charge is -2.33. The van der Waals surface area contributed by atoms with Gasteiger partial charge in [-0.1, -0.05) is 11.6 Å². The Morgan fingerprint density at radius 1 is 1.65 bits per heavy atom. The van der Waals surface area contributed by atoms with Crippen LogP contribution >= 0.6 is 11.6 Å². The Hall–Kier alpha value is -1.29. The molecule has 1 aliphatic heterocycles. The summed E-state index contributed by atoms with van der Waals surface area (Å²) in [5.74, 6) is 0.190. The number of amides is 1. The standard InChI is InChI=1S/C12H16ClN3O/c1-14-12(17)9-3-2-6-16(8-9)10-4-5-15-11(13)7-10/h4-5,7,9H,2-3,6,8H2,1H3,(H,14,17)/t9-/m1/s1. The molecule has 5 heteroatoms. The maximum absolute atomic E-state index is 11.6. The molecular formula is C12H16ClN3O. The van der Waals surface area contributed by atoms with Crippen molar-refractivity contribution in [3.63, 3.8) is 0 Å². The first-order valence-corrected chi connectivity index (χ1v) is 6.16. The van der Waals surface area contributed by atoms with Gasteiger partial charge in [-0.05, 0) is 25.0 Å². The zero-order chi connectivity index (χ0) is 12.3. The smallest absolute Gasteiger partial charge is 0.224 e. The predicted octanol–water partition coefficient (Wildman–Crippen LogP) is 1.70. The molecule has 1 saturated heterocycles. The summed E-state index contributed by atoms with van der Waals surface area (Å²) in [6, 6.07) is 3.77. The molecular weight excluding hydrogens is 238 g/mol. The van der Waals surface area contributed by atoms with Crippen LogP contribution in [0, 0.1) is 5.92 Å². The molecule has 1 fully saturated rings. The fraction of sp³-hybridized carbons (Fsp3) is 0.500. The van der Waals surface area contributed by atoms with Crippen molar-refractivity contribution in [1.82, 2.24) is 10.3 Å². The van der Waals surface area contributed by atoms with E-state index in [2.05, 4.69) is 15.2 Å². The van der Waals surface area contributed by atoms with Gasteiger partial charge in [-0.15, -0.1) is 0 Å². The monoisotopic (exact) mass is 253 g/mol. The molecule has 0 aliphatic carbocycles. The van der Waals surface area contributed by atoms with Crippen molar-refractivity contribution in [2.24, 2.45) is 5.92 Å². The molecule has 0 saturated carbocycles. The van der Waals surface area contributed by atoms with Gasteiger partial charge in [-0.2, -0.15) is 0 Å². The van der Waals surface area contributed by atoms with E-state index < -0.39 is 0 Å². The Morgan fingerprint density at radius 3 is 3.18 bits per heavy atom. The van der Waals surface area contributed by atoms with E-state index in [1.165, 1.54) is 0 Å². The molecule has 1 atom stereocenters. The SMILES string of the molecule is CNC(=O)[C@@H]1CCCN(c2ccnc(Cl)c2)C1. The predicted molar refractivity (Wildman–Crippen MR) is 68.3 cm³/mol. The number of halogens is 1. The number of anilines is 1. The molecule has 1 aromatic heterocycles. The van der Waals surface area contributed by atoms with Crippen LogP contribution in [0.2, 0.25) is 5.15 Å². The fourth-order valence-corrected chi connectivity index (χ4v) is 2.39. The molecule has 1 amide bonds. The Bertz CT molecular complexity index is 410. The molecule has 92 valence electrons. The highest BCUT2D eigenvalue weighted by Gasteiger charge is 2.25. The van der Waals surface area contributed by atoms with E-state index in [-0.39, 0.29) is 11.8 Å². The van der Waals surface area contributed by atoms with Crippen LogP contribution in [0.5, 0.6) is 0 Å². The zero-order valence-electron chi connectivity index (χ0n) is 9.82. The largest absolute Gasteiger partial charge is 0.371 e. The minimum absolute atomic E-state index is 0.0701. The maximum Gasteiger partial charge on any atom is 0.224 e. The van der Waals surface area contributed by atoms with Crippen molar-refractivity contribution in [3.05, 3.63) is 23.5 Å². The van der Waals surface area contributed by atoms with Crippen LogP contribution in [0.1, 0.15) is 12.8 Å². The van der Waals surface area contributed by atoms with E-state index in [0.717, 1.165) is 31.6 Å². The summed E-state index contributed by atoms with van der Waals surface area (Å²) < 4.78 is 0. The lowest BCUT2D eigenvalue weighted by Crippen LogP contribution is -2.42. The number of aromatic nitrogens is 1. The first kappa shape index (κ1) is 12.2. The van der Waals surface area contributed by atoms with Gasteiger partial charge >= 0.3 is 0 Å². The van der Waals surface area contributed by atoms with Crippen molar-refractivity contribution in [3.8, 4) is 0 Å². The summed E-state index contributed by atoms with van der Waals surface area (Å²) in [4.78, 5) is 17.8. The summed E-state index contributed by atoms with van der Waals surface area (Å²) in [7, 11) is 1.69. The van der Waals surface area contributed by atoms with Gasteiger partial charge < -0.3 is 10.2 Å². The third-order valence-electron chi connectivity index (χ3n) is 3.11. The Labute approximate surface area is 106 Å². The summed E-state index contributed by atoms with van der Waals surface area (Å²) >= 11 is 5.87. The fourth-order valence-electron chi connectivity index (χ4n) is 2.22. The second kappa shape index (κ2) is 5.36. The van der Waals surface area contributed by atoms with Crippen LogP contribution in [0.4, 0.5) is 5.69 Å². The van der Waals surface area contributed by atoms with Crippen molar-refractivity contribution >= 4 is 23.2 Å². The van der Waals surface area contributed by atoms with Crippen LogP contribution in [0.15, 0.2) is 18.3 Å². The summed E-state index contributed by atoms with van der Waals surface area (Å²) in [6.45, 7) is 1.72. The number of piperidine rings is 1. The second-order valence-electron chi connectivity index (χ2n) is 4.24. The molecule has 2 heterocycles. The van der Waals surface area contributed by atoms with E-state index in [9.17, 15) is 4.79 Å². The highest BCUT2D eigenvalue weighted by Crippen LogP contribution is 2.24. The number of hydrogen-bond acceptors (Lipinski definition) is 3. The van der Waals surface area contributed by atoms with Crippen molar-refractivity contribution in [1.29, 1.82) is 0 Å². The van der Waals surface area contributed by atoms with Crippen LogP contribution in [-0.4, -0.2) is 31.0 Å². The van der Waals surface area contributed by atoms with Gasteiger partial charge in [0.25, 0.3) is 0 Å². The van der Waals surface area contributed by atoms with E-state index in [1.807, 2.05) is 12.1 Å². The molecule has 17 heavy (non-hydrogen) atoms. The number of nitrogens with one attached hydrogen (secondary N) is 1. The van der Waals surface area contributed by atoms with Gasteiger partial charge in [0.05, 0.1) is 5.92 Å². The quantitative estimate of drug-likeness (QED) is 0.816. The Kier molecular flexibility index (Phi) is 3.84. The normalized spacial score (nSPS) is 20.1. The van der Waals surface area contributed by atoms with Crippen molar-refractivity contribution in [2.75, 3.05) is 25.0 Å². The first-order chi connectivity index (χ1) is 8.20. The third kappa shape index (κ3) is 2.88. The van der Waals surface area contributed by atoms with E-state index in [0.29, 0.717) is 5.15 Å². The average molecular weight is 254 g/mol. The molecule has 4 nitrogen and oxygen atoms in total. The molecule has 1 aliphatic rings. The molecule has 0 unspecified atom stereocenters. The number of rotatable bonds is 2. The second-order valence-corrected chi connectivity index (χ2v) is 4.62. The molecule has 0 aromatic carbocycles. The Morgan fingerprint density at radius 2 is 2.47 bits per heavy atom. The van der Waals surface area contributed by atoms with Gasteiger partial charge in [-0.25, -0.2) is 4.98 Å². The summed E-state index contributed by atoms with van der Waals surface area (Å²) in [5, 5.41) is 3.20. The Balaban J connectivity index is 2.09. The topological polar surface area (TPSA) is 45.2 Å². The molecule has 0 spiro atoms. The molecule has 1 N–H and O–H groups in total. The minimum Gasteiger partial charge on any atom is -0.371 e. The van der Waals surface area contributed by atoms with Crippen LogP contribution in [-0.2, 0) is 4.79 Å². The van der Waals surface area contributed by atoms with E-state index in [4.69, 9.17) is 11.6 Å². The van der Waals surface area contributed by atoms with Gasteiger partial charge in [0.15, 0.2) is 0 Å². The van der Waals surface area contributed by atoms with Gasteiger partial charge in [0, 0.05) is 32.0 Å². The van der Waals surface area contributed by atoms with Crippen LogP contribution < -0.4 is 10.2 Å². The lowest BCUT2D eigenvalue weighted by atomic mass is 9.97. The first-order valence-electron chi connectivity index (χ1n) is 5.79. The van der Waals surface area contributed by atoms with E-state index >= 15 is 0 Å². The summed E-state index contributed by atoms with van der Waals surface area (Å²) in [6.07, 6.45) is 3.67. The van der Waals surface area contributed by atoms with Crippen LogP contribution in [0.25, 0.3) is 0 Å². The lowest BCUT2D eigenvalue weighted by molar-refractivity contribution is -0.124. The number of carbonyl (C=O) groups excluding carboxylic acids is 1. The zero-order valence-corrected chi connectivity index (χ0v) is 10.6. The minimum atomic E-state index is 0.0701. The highest BCUT2D eigenvalue weighted by atomic mass is 35.5. The van der Waals surface area contributed by atoms with E-state index in [1.54, 1.807) is 13.2 Å².